The van der Waals surface area contributed by atoms with Crippen LogP contribution >= 0.6 is 0 Å². The minimum atomic E-state index is -0.754. The third-order valence-corrected chi connectivity index (χ3v) is 3.98. The van der Waals surface area contributed by atoms with Crippen LogP contribution in [0, 0.1) is 17.0 Å². The van der Waals surface area contributed by atoms with Crippen molar-refractivity contribution in [2.75, 3.05) is 6.54 Å². The van der Waals surface area contributed by atoms with Gasteiger partial charge in [-0.05, 0) is 36.3 Å². The van der Waals surface area contributed by atoms with Crippen molar-refractivity contribution in [3.63, 3.8) is 0 Å². The van der Waals surface area contributed by atoms with E-state index in [1.165, 1.54) is 6.07 Å². The molecule has 1 nitrogen and oxygen atoms in total. The SMILES string of the molecule is CCC(CC)(CNC(C)C)Cc1cccc(F)c1F. The van der Waals surface area contributed by atoms with E-state index in [1.54, 1.807) is 12.1 Å². The number of benzene rings is 1. The highest BCUT2D eigenvalue weighted by Crippen LogP contribution is 2.31. The molecule has 0 aromatic heterocycles. The minimum Gasteiger partial charge on any atom is -0.314 e. The lowest BCUT2D eigenvalue weighted by Gasteiger charge is -2.33. The van der Waals surface area contributed by atoms with Crippen molar-refractivity contribution < 1.29 is 8.78 Å². The fraction of sp³-hybridized carbons (Fsp3) is 0.625. The summed E-state index contributed by atoms with van der Waals surface area (Å²) in [7, 11) is 0. The zero-order chi connectivity index (χ0) is 14.5. The third-order valence-electron chi connectivity index (χ3n) is 3.98. The molecule has 1 N–H and O–H groups in total. The fourth-order valence-electron chi connectivity index (χ4n) is 2.32. The van der Waals surface area contributed by atoms with Gasteiger partial charge in [0.1, 0.15) is 0 Å². The molecular formula is C16H25F2N. The van der Waals surface area contributed by atoms with Crippen molar-refractivity contribution in [1.82, 2.24) is 5.32 Å². The fourth-order valence-corrected chi connectivity index (χ4v) is 2.32. The molecule has 0 amide bonds. The van der Waals surface area contributed by atoms with E-state index in [1.807, 2.05) is 0 Å². The van der Waals surface area contributed by atoms with Gasteiger partial charge in [0.05, 0.1) is 0 Å². The number of hydrogen-bond donors (Lipinski definition) is 1. The highest BCUT2D eigenvalue weighted by Gasteiger charge is 2.28. The Labute approximate surface area is 115 Å². The largest absolute Gasteiger partial charge is 0.314 e. The average molecular weight is 269 g/mol. The summed E-state index contributed by atoms with van der Waals surface area (Å²) < 4.78 is 27.1. The Morgan fingerprint density at radius 3 is 2.32 bits per heavy atom. The molecule has 1 rings (SSSR count). The van der Waals surface area contributed by atoms with E-state index in [0.717, 1.165) is 19.4 Å². The summed E-state index contributed by atoms with van der Waals surface area (Å²) in [5, 5.41) is 3.43. The molecule has 0 atom stereocenters. The summed E-state index contributed by atoms with van der Waals surface area (Å²) in [6, 6.07) is 4.84. The Morgan fingerprint density at radius 1 is 1.16 bits per heavy atom. The first kappa shape index (κ1) is 16.1. The van der Waals surface area contributed by atoms with E-state index in [9.17, 15) is 8.78 Å². The van der Waals surface area contributed by atoms with E-state index in [2.05, 4.69) is 33.0 Å². The van der Waals surface area contributed by atoms with Gasteiger partial charge in [0, 0.05) is 12.6 Å². The second kappa shape index (κ2) is 6.99. The van der Waals surface area contributed by atoms with Gasteiger partial charge < -0.3 is 5.32 Å². The van der Waals surface area contributed by atoms with Crippen LogP contribution in [0.5, 0.6) is 0 Å². The monoisotopic (exact) mass is 269 g/mol. The van der Waals surface area contributed by atoms with Gasteiger partial charge in [-0.15, -0.1) is 0 Å². The second-order valence-corrected chi connectivity index (χ2v) is 5.63. The lowest BCUT2D eigenvalue weighted by Crippen LogP contribution is -2.38. The minimum absolute atomic E-state index is 0.0150. The number of nitrogens with one attached hydrogen (secondary N) is 1. The molecule has 0 saturated heterocycles. The molecule has 0 aliphatic rings. The molecule has 0 aliphatic carbocycles. The van der Waals surface area contributed by atoms with E-state index in [4.69, 9.17) is 0 Å². The molecule has 0 radical (unpaired) electrons. The quantitative estimate of drug-likeness (QED) is 0.777. The molecule has 108 valence electrons. The molecule has 0 heterocycles. The maximum absolute atomic E-state index is 13.8. The van der Waals surface area contributed by atoms with Crippen LogP contribution in [-0.2, 0) is 6.42 Å². The molecule has 1 aromatic rings. The molecule has 0 saturated carbocycles. The van der Waals surface area contributed by atoms with Crippen LogP contribution in [0.1, 0.15) is 46.1 Å². The van der Waals surface area contributed by atoms with Crippen LogP contribution in [0.4, 0.5) is 8.78 Å². The summed E-state index contributed by atoms with van der Waals surface area (Å²) in [5.41, 5.74) is 0.466. The Balaban J connectivity index is 2.91. The van der Waals surface area contributed by atoms with Crippen LogP contribution in [0.3, 0.4) is 0 Å². The van der Waals surface area contributed by atoms with Gasteiger partial charge in [-0.1, -0.05) is 39.8 Å². The Hall–Kier alpha value is -0.960. The van der Waals surface area contributed by atoms with Gasteiger partial charge in [-0.3, -0.25) is 0 Å². The topological polar surface area (TPSA) is 12.0 Å². The van der Waals surface area contributed by atoms with Gasteiger partial charge >= 0.3 is 0 Å². The predicted molar refractivity (Wildman–Crippen MR) is 76.2 cm³/mol. The first-order valence-electron chi connectivity index (χ1n) is 7.10. The molecule has 1 aromatic carbocycles. The predicted octanol–water partition coefficient (Wildman–Crippen LogP) is 4.31. The van der Waals surface area contributed by atoms with Crippen LogP contribution in [0.2, 0.25) is 0 Å². The van der Waals surface area contributed by atoms with Gasteiger partial charge in [-0.2, -0.15) is 0 Å². The van der Waals surface area contributed by atoms with Gasteiger partial charge in [0.25, 0.3) is 0 Å². The van der Waals surface area contributed by atoms with E-state index >= 15 is 0 Å². The van der Waals surface area contributed by atoms with Crippen LogP contribution < -0.4 is 5.32 Å². The standard InChI is InChI=1S/C16H25F2N/c1-5-16(6-2,11-19-12(3)4)10-13-8-7-9-14(17)15(13)18/h7-9,12,19H,5-6,10-11H2,1-4H3. The molecule has 0 unspecified atom stereocenters. The molecule has 0 spiro atoms. The lowest BCUT2D eigenvalue weighted by atomic mass is 9.76. The maximum Gasteiger partial charge on any atom is 0.162 e. The summed E-state index contributed by atoms with van der Waals surface area (Å²) >= 11 is 0. The van der Waals surface area contributed by atoms with Crippen LogP contribution in [-0.4, -0.2) is 12.6 Å². The first-order valence-corrected chi connectivity index (χ1v) is 7.10. The van der Waals surface area contributed by atoms with Crippen molar-refractivity contribution in [2.45, 2.75) is 53.0 Å². The summed E-state index contributed by atoms with van der Waals surface area (Å²) in [6.07, 6.45) is 2.46. The van der Waals surface area contributed by atoms with Crippen molar-refractivity contribution >= 4 is 0 Å². The van der Waals surface area contributed by atoms with Gasteiger partial charge in [0.15, 0.2) is 11.6 Å². The van der Waals surface area contributed by atoms with E-state index < -0.39 is 11.6 Å². The van der Waals surface area contributed by atoms with Crippen LogP contribution in [0.25, 0.3) is 0 Å². The van der Waals surface area contributed by atoms with Crippen LogP contribution in [0.15, 0.2) is 18.2 Å². The molecule has 19 heavy (non-hydrogen) atoms. The Kier molecular flexibility index (Phi) is 5.92. The summed E-state index contributed by atoms with van der Waals surface area (Å²) in [4.78, 5) is 0. The second-order valence-electron chi connectivity index (χ2n) is 5.63. The van der Waals surface area contributed by atoms with Gasteiger partial charge in [0.2, 0.25) is 0 Å². The van der Waals surface area contributed by atoms with Crippen molar-refractivity contribution in [3.05, 3.63) is 35.4 Å². The number of hydrogen-bond acceptors (Lipinski definition) is 1. The lowest BCUT2D eigenvalue weighted by molar-refractivity contribution is 0.236. The van der Waals surface area contributed by atoms with Crippen molar-refractivity contribution in [1.29, 1.82) is 0 Å². The Bertz CT molecular complexity index is 398. The third kappa shape index (κ3) is 4.27. The molecule has 0 aliphatic heterocycles. The zero-order valence-electron chi connectivity index (χ0n) is 12.4. The van der Waals surface area contributed by atoms with Crippen molar-refractivity contribution in [2.24, 2.45) is 5.41 Å². The average Bonchev–Trinajstić information content (AvgIpc) is 2.39. The van der Waals surface area contributed by atoms with Gasteiger partial charge in [-0.25, -0.2) is 8.78 Å². The van der Waals surface area contributed by atoms with Crippen molar-refractivity contribution in [3.8, 4) is 0 Å². The molecule has 0 bridgehead atoms. The molecular weight excluding hydrogens is 244 g/mol. The highest BCUT2D eigenvalue weighted by molar-refractivity contribution is 5.20. The molecule has 3 heteroatoms. The summed E-state index contributed by atoms with van der Waals surface area (Å²) in [6.45, 7) is 9.25. The summed E-state index contributed by atoms with van der Waals surface area (Å²) in [5.74, 6) is -1.45. The molecule has 0 fully saturated rings. The first-order chi connectivity index (χ1) is 8.94. The highest BCUT2D eigenvalue weighted by atomic mass is 19.2. The smallest absolute Gasteiger partial charge is 0.162 e. The van der Waals surface area contributed by atoms with E-state index in [-0.39, 0.29) is 5.41 Å². The normalized spacial score (nSPS) is 12.2. The van der Waals surface area contributed by atoms with E-state index in [0.29, 0.717) is 18.0 Å². The number of rotatable bonds is 7. The number of halogens is 2. The zero-order valence-corrected chi connectivity index (χ0v) is 12.4. The maximum atomic E-state index is 13.8. The Morgan fingerprint density at radius 2 is 1.79 bits per heavy atom.